The molecule has 16 heavy (non-hydrogen) atoms. The van der Waals surface area contributed by atoms with Gasteiger partial charge in [-0.15, -0.1) is 0 Å². The molecule has 0 fully saturated rings. The second-order valence-electron chi connectivity index (χ2n) is 4.73. The summed E-state index contributed by atoms with van der Waals surface area (Å²) in [5.74, 6) is 1.58. The van der Waals surface area contributed by atoms with Gasteiger partial charge >= 0.3 is 0 Å². The summed E-state index contributed by atoms with van der Waals surface area (Å²) in [5, 5.41) is 0. The Morgan fingerprint density at radius 3 is 2.75 bits per heavy atom. The van der Waals surface area contributed by atoms with E-state index in [-0.39, 0.29) is 0 Å². The lowest BCUT2D eigenvalue weighted by atomic mass is 10.2. The van der Waals surface area contributed by atoms with Crippen LogP contribution in [0.4, 0.5) is 0 Å². The lowest BCUT2D eigenvalue weighted by molar-refractivity contribution is 0.517. The third-order valence-electron chi connectivity index (χ3n) is 2.71. The molecule has 0 saturated heterocycles. The normalized spacial score (nSPS) is 11.6. The molecule has 0 atom stereocenters. The summed E-state index contributed by atoms with van der Waals surface area (Å²) in [7, 11) is 0. The summed E-state index contributed by atoms with van der Waals surface area (Å²) in [4.78, 5) is 4.58. The van der Waals surface area contributed by atoms with Gasteiger partial charge in [-0.25, -0.2) is 4.98 Å². The average molecular weight is 217 g/mol. The van der Waals surface area contributed by atoms with Crippen LogP contribution >= 0.6 is 0 Å². The Hall–Kier alpha value is -1.35. The maximum Gasteiger partial charge on any atom is 0.123 e. The molecule has 0 aliphatic heterocycles. The van der Waals surface area contributed by atoms with Gasteiger partial charge in [-0.05, 0) is 30.5 Å². The van der Waals surface area contributed by atoms with E-state index in [4.69, 9.17) is 5.73 Å². The maximum atomic E-state index is 5.74. The van der Waals surface area contributed by atoms with Crippen LogP contribution in [0.25, 0.3) is 11.0 Å². The van der Waals surface area contributed by atoms with Gasteiger partial charge in [-0.2, -0.15) is 0 Å². The number of benzene rings is 1. The van der Waals surface area contributed by atoms with Crippen LogP contribution in [0, 0.1) is 12.8 Å². The van der Waals surface area contributed by atoms with Gasteiger partial charge in [0.2, 0.25) is 0 Å². The summed E-state index contributed by atoms with van der Waals surface area (Å²) >= 11 is 0. The molecular formula is C13H19N3. The van der Waals surface area contributed by atoms with Crippen molar-refractivity contribution in [2.45, 2.75) is 33.9 Å². The molecule has 0 amide bonds. The highest BCUT2D eigenvalue weighted by atomic mass is 15.1. The van der Waals surface area contributed by atoms with Gasteiger partial charge in [-0.3, -0.25) is 0 Å². The van der Waals surface area contributed by atoms with Crippen molar-refractivity contribution in [2.24, 2.45) is 11.7 Å². The molecule has 0 aliphatic carbocycles. The highest BCUT2D eigenvalue weighted by Crippen LogP contribution is 2.19. The van der Waals surface area contributed by atoms with Crippen LogP contribution in [0.5, 0.6) is 0 Å². The van der Waals surface area contributed by atoms with E-state index in [1.165, 1.54) is 11.1 Å². The molecule has 3 nitrogen and oxygen atoms in total. The quantitative estimate of drug-likeness (QED) is 0.858. The summed E-state index contributed by atoms with van der Waals surface area (Å²) < 4.78 is 2.24. The molecule has 0 unspecified atom stereocenters. The first-order valence-electron chi connectivity index (χ1n) is 5.77. The van der Waals surface area contributed by atoms with Gasteiger partial charge in [0.15, 0.2) is 0 Å². The van der Waals surface area contributed by atoms with Crippen molar-refractivity contribution < 1.29 is 0 Å². The predicted octanol–water partition coefficient (Wildman–Crippen LogP) is 2.46. The second kappa shape index (κ2) is 4.26. The third-order valence-corrected chi connectivity index (χ3v) is 2.71. The average Bonchev–Trinajstić information content (AvgIpc) is 2.55. The van der Waals surface area contributed by atoms with E-state index >= 15 is 0 Å². The molecule has 0 spiro atoms. The zero-order chi connectivity index (χ0) is 11.7. The van der Waals surface area contributed by atoms with E-state index in [0.717, 1.165) is 17.9 Å². The molecule has 0 saturated carbocycles. The van der Waals surface area contributed by atoms with Crippen molar-refractivity contribution in [3.8, 4) is 0 Å². The first-order chi connectivity index (χ1) is 7.61. The molecule has 0 bridgehead atoms. The van der Waals surface area contributed by atoms with E-state index in [9.17, 15) is 0 Å². The second-order valence-corrected chi connectivity index (χ2v) is 4.73. The van der Waals surface area contributed by atoms with Gasteiger partial charge in [0.1, 0.15) is 5.82 Å². The van der Waals surface area contributed by atoms with E-state index in [2.05, 4.69) is 48.5 Å². The minimum atomic E-state index is 0.500. The summed E-state index contributed by atoms with van der Waals surface area (Å²) in [6.07, 6.45) is 0. The molecule has 2 N–H and O–H groups in total. The van der Waals surface area contributed by atoms with Gasteiger partial charge < -0.3 is 10.3 Å². The van der Waals surface area contributed by atoms with Gasteiger partial charge in [0.05, 0.1) is 17.6 Å². The van der Waals surface area contributed by atoms with E-state index < -0.39 is 0 Å². The predicted molar refractivity (Wildman–Crippen MR) is 67.2 cm³/mol. The monoisotopic (exact) mass is 217 g/mol. The summed E-state index contributed by atoms with van der Waals surface area (Å²) in [6.45, 7) is 7.98. The van der Waals surface area contributed by atoms with Crippen molar-refractivity contribution in [3.05, 3.63) is 29.6 Å². The highest BCUT2D eigenvalue weighted by Gasteiger charge is 2.10. The van der Waals surface area contributed by atoms with Crippen LogP contribution in [0.1, 0.15) is 25.2 Å². The Kier molecular flexibility index (Phi) is 2.97. The van der Waals surface area contributed by atoms with Crippen molar-refractivity contribution >= 4 is 11.0 Å². The molecule has 1 aromatic heterocycles. The first kappa shape index (κ1) is 11.1. The zero-order valence-electron chi connectivity index (χ0n) is 10.2. The SMILES string of the molecule is Cc1ccc2c(c1)nc(CN)n2CC(C)C. The number of hydrogen-bond donors (Lipinski definition) is 1. The minimum Gasteiger partial charge on any atom is -0.327 e. The molecular weight excluding hydrogens is 198 g/mol. The number of imidazole rings is 1. The molecule has 3 heteroatoms. The van der Waals surface area contributed by atoms with Gasteiger partial charge in [-0.1, -0.05) is 19.9 Å². The van der Waals surface area contributed by atoms with Crippen LogP contribution in [0.2, 0.25) is 0 Å². The van der Waals surface area contributed by atoms with Gasteiger partial charge in [0.25, 0.3) is 0 Å². The molecule has 1 aromatic carbocycles. The fourth-order valence-corrected chi connectivity index (χ4v) is 2.01. The number of nitrogens with zero attached hydrogens (tertiary/aromatic N) is 2. The summed E-state index contributed by atoms with van der Waals surface area (Å²) in [6, 6.07) is 6.38. The van der Waals surface area contributed by atoms with Crippen molar-refractivity contribution in [1.29, 1.82) is 0 Å². The number of hydrogen-bond acceptors (Lipinski definition) is 2. The van der Waals surface area contributed by atoms with E-state index in [1.807, 2.05) is 0 Å². The largest absolute Gasteiger partial charge is 0.327 e. The van der Waals surface area contributed by atoms with Crippen LogP contribution in [-0.2, 0) is 13.1 Å². The Balaban J connectivity index is 2.59. The third kappa shape index (κ3) is 1.95. The highest BCUT2D eigenvalue weighted by molar-refractivity contribution is 5.76. The lowest BCUT2D eigenvalue weighted by Crippen LogP contribution is -2.11. The van der Waals surface area contributed by atoms with Crippen molar-refractivity contribution in [2.75, 3.05) is 0 Å². The molecule has 2 rings (SSSR count). The molecule has 0 radical (unpaired) electrons. The Morgan fingerprint density at radius 2 is 2.12 bits per heavy atom. The molecule has 86 valence electrons. The molecule has 2 aromatic rings. The van der Waals surface area contributed by atoms with Crippen LogP contribution in [0.3, 0.4) is 0 Å². The molecule has 1 heterocycles. The van der Waals surface area contributed by atoms with Crippen LogP contribution in [0.15, 0.2) is 18.2 Å². The van der Waals surface area contributed by atoms with Crippen LogP contribution < -0.4 is 5.73 Å². The van der Waals surface area contributed by atoms with E-state index in [1.54, 1.807) is 0 Å². The fourth-order valence-electron chi connectivity index (χ4n) is 2.01. The van der Waals surface area contributed by atoms with E-state index in [0.29, 0.717) is 12.5 Å². The topological polar surface area (TPSA) is 43.8 Å². The summed E-state index contributed by atoms with van der Waals surface area (Å²) in [5.41, 5.74) is 9.24. The first-order valence-corrected chi connectivity index (χ1v) is 5.77. The Bertz CT molecular complexity index is 497. The minimum absolute atomic E-state index is 0.500. The van der Waals surface area contributed by atoms with Crippen molar-refractivity contribution in [1.82, 2.24) is 9.55 Å². The smallest absolute Gasteiger partial charge is 0.123 e. The maximum absolute atomic E-state index is 5.74. The van der Waals surface area contributed by atoms with Crippen molar-refractivity contribution in [3.63, 3.8) is 0 Å². The number of nitrogens with two attached hydrogens (primary N) is 1. The number of rotatable bonds is 3. The fraction of sp³-hybridized carbons (Fsp3) is 0.462. The number of aromatic nitrogens is 2. The van der Waals surface area contributed by atoms with Gasteiger partial charge in [0, 0.05) is 6.54 Å². The number of fused-ring (bicyclic) bond motifs is 1. The van der Waals surface area contributed by atoms with Crippen LogP contribution in [-0.4, -0.2) is 9.55 Å². The zero-order valence-corrected chi connectivity index (χ0v) is 10.2. The molecule has 0 aliphatic rings. The Morgan fingerprint density at radius 1 is 1.38 bits per heavy atom. The Labute approximate surface area is 96.3 Å². The standard InChI is InChI=1S/C13H19N3/c1-9(2)8-16-12-5-4-10(3)6-11(12)15-13(16)7-14/h4-6,9H,7-8,14H2,1-3H3. The number of aryl methyl sites for hydroxylation is 1. The lowest BCUT2D eigenvalue weighted by Gasteiger charge is -2.10.